The summed E-state index contributed by atoms with van der Waals surface area (Å²) >= 11 is 13.8. The van der Waals surface area contributed by atoms with Gasteiger partial charge in [-0.05, 0) is 43.3 Å². The normalized spacial score (nSPS) is 10.9. The number of carbonyl (C=O) groups is 3. The van der Waals surface area contributed by atoms with Gasteiger partial charge in [0.15, 0.2) is 22.9 Å². The predicted octanol–water partition coefficient (Wildman–Crippen LogP) is 6.70. The van der Waals surface area contributed by atoms with Crippen LogP contribution >= 0.6 is 45.9 Å². The second-order valence-electron chi connectivity index (χ2n) is 9.43. The van der Waals surface area contributed by atoms with Crippen LogP contribution in [0.5, 0.6) is 11.5 Å². The lowest BCUT2D eigenvalue weighted by Crippen LogP contribution is -2.29. The molecular weight excluding hydrogens is 715 g/mol. The Hall–Kier alpha value is -5.03. The van der Waals surface area contributed by atoms with Crippen molar-refractivity contribution in [2.24, 2.45) is 0 Å². The number of benzene rings is 2. The second-order valence-corrected chi connectivity index (χ2v) is 12.2. The zero-order valence-corrected chi connectivity index (χ0v) is 27.3. The lowest BCUT2D eigenvalue weighted by molar-refractivity contribution is -0.135. The number of amides is 1. The number of carboxylic acids is 1. The number of aromatic nitrogens is 4. The second kappa shape index (κ2) is 14.4. The Kier molecular flexibility index (Phi) is 10.3. The smallest absolute Gasteiger partial charge is 0.360 e. The number of carbonyl (C=O) groups excluding carboxylic acids is 2. The number of fused-ring (bicyclic) bond motifs is 2. The van der Waals surface area contributed by atoms with Crippen LogP contribution in [0.15, 0.2) is 48.8 Å². The van der Waals surface area contributed by atoms with E-state index in [2.05, 4.69) is 25.3 Å². The molecule has 18 heteroatoms. The maximum absolute atomic E-state index is 13.3. The zero-order chi connectivity index (χ0) is 34.7. The van der Waals surface area contributed by atoms with E-state index in [9.17, 15) is 33.4 Å². The molecule has 6 rings (SSSR count). The van der Waals surface area contributed by atoms with E-state index in [-0.39, 0.29) is 33.8 Å². The average molecular weight is 735 g/mol. The number of ether oxygens (including phenoxy) is 1. The van der Waals surface area contributed by atoms with Gasteiger partial charge in [-0.2, -0.15) is 0 Å². The molecule has 6 aromatic rings. The maximum atomic E-state index is 13.3. The molecule has 4 N–H and O–H groups in total. The fourth-order valence-electron chi connectivity index (χ4n) is 4.03. The molecule has 0 unspecified atom stereocenters. The number of aliphatic carboxylic acids is 1. The van der Waals surface area contributed by atoms with Crippen molar-refractivity contribution < 1.29 is 43.2 Å². The summed E-state index contributed by atoms with van der Waals surface area (Å²) in [4.78, 5) is 50.5. The topological polar surface area (TPSA) is 185 Å². The maximum Gasteiger partial charge on any atom is 0.360 e. The molecule has 2 aromatic carbocycles. The van der Waals surface area contributed by atoms with Gasteiger partial charge in [-0.25, -0.2) is 33.5 Å². The number of pyridine rings is 2. The van der Waals surface area contributed by atoms with Crippen molar-refractivity contribution in [2.75, 3.05) is 13.2 Å². The first-order valence-corrected chi connectivity index (χ1v) is 15.8. The Morgan fingerprint density at radius 2 is 1.31 bits per heavy atom. The summed E-state index contributed by atoms with van der Waals surface area (Å²) in [6.07, 6.45) is 2.67. The third-order valence-electron chi connectivity index (χ3n) is 6.23. The highest BCUT2D eigenvalue weighted by Gasteiger charge is 2.21. The summed E-state index contributed by atoms with van der Waals surface area (Å²) in [7, 11) is 0. The Labute approximate surface area is 286 Å². The van der Waals surface area contributed by atoms with Gasteiger partial charge in [0, 0.05) is 11.1 Å². The first-order chi connectivity index (χ1) is 22.9. The molecular formula is C30H19Cl2F2N5O7S2. The van der Waals surface area contributed by atoms with Gasteiger partial charge >= 0.3 is 11.9 Å². The van der Waals surface area contributed by atoms with Crippen molar-refractivity contribution in [1.82, 2.24) is 25.3 Å². The third kappa shape index (κ3) is 7.26. The SMILES string of the molecule is CCOC(=O)c1ncc2nc(-c3ccc(F)c(Cl)c3)sc2c1O.O=C(O)CNC(=O)c1ncc2nc(-c3ccc(F)c(Cl)c3)sc2c1O. The molecule has 0 spiro atoms. The van der Waals surface area contributed by atoms with E-state index >= 15 is 0 Å². The van der Waals surface area contributed by atoms with Crippen molar-refractivity contribution in [3.05, 3.63) is 81.9 Å². The van der Waals surface area contributed by atoms with E-state index in [1.165, 1.54) is 48.8 Å². The van der Waals surface area contributed by atoms with Crippen molar-refractivity contribution >= 4 is 84.2 Å². The minimum absolute atomic E-state index is 0.0173. The van der Waals surface area contributed by atoms with Crippen molar-refractivity contribution in [1.29, 1.82) is 0 Å². The van der Waals surface area contributed by atoms with Crippen LogP contribution in [-0.2, 0) is 9.53 Å². The molecule has 4 aromatic heterocycles. The lowest BCUT2D eigenvalue weighted by atomic mass is 10.2. The van der Waals surface area contributed by atoms with E-state index in [4.69, 9.17) is 33.0 Å². The van der Waals surface area contributed by atoms with Crippen LogP contribution in [-0.4, -0.2) is 66.3 Å². The zero-order valence-electron chi connectivity index (χ0n) is 24.1. The number of carboxylic acid groups (broad SMARTS) is 1. The van der Waals surface area contributed by atoms with Gasteiger partial charge in [-0.15, -0.1) is 22.7 Å². The van der Waals surface area contributed by atoms with Gasteiger partial charge in [0.1, 0.15) is 48.6 Å². The highest BCUT2D eigenvalue weighted by Crippen LogP contribution is 2.39. The Balaban J connectivity index is 0.000000188. The number of nitrogens with one attached hydrogen (secondary N) is 1. The number of halogens is 4. The Morgan fingerprint density at radius 3 is 1.77 bits per heavy atom. The van der Waals surface area contributed by atoms with Gasteiger partial charge in [-0.1, -0.05) is 23.2 Å². The summed E-state index contributed by atoms with van der Waals surface area (Å²) in [5.74, 6) is -4.51. The molecule has 12 nitrogen and oxygen atoms in total. The number of hydrogen-bond donors (Lipinski definition) is 4. The number of rotatable bonds is 7. The minimum Gasteiger partial charge on any atom is -0.504 e. The molecule has 0 atom stereocenters. The average Bonchev–Trinajstić information content (AvgIpc) is 3.69. The molecule has 0 radical (unpaired) electrons. The first-order valence-electron chi connectivity index (χ1n) is 13.4. The molecule has 0 saturated carbocycles. The first kappa shape index (κ1) is 34.3. The number of aromatic hydroxyl groups is 2. The quantitative estimate of drug-likeness (QED) is 0.128. The number of esters is 1. The van der Waals surface area contributed by atoms with E-state index in [0.717, 1.165) is 22.7 Å². The Bertz CT molecular complexity index is 2230. The molecule has 0 fully saturated rings. The van der Waals surface area contributed by atoms with E-state index in [1.54, 1.807) is 6.92 Å². The molecule has 1 amide bonds. The number of thiazole rings is 2. The van der Waals surface area contributed by atoms with Crippen LogP contribution in [0.3, 0.4) is 0 Å². The molecule has 0 aliphatic rings. The Morgan fingerprint density at radius 1 is 0.833 bits per heavy atom. The van der Waals surface area contributed by atoms with Gasteiger partial charge in [-0.3, -0.25) is 9.59 Å². The van der Waals surface area contributed by atoms with Crippen LogP contribution in [0.25, 0.3) is 41.6 Å². The minimum atomic E-state index is -1.22. The van der Waals surface area contributed by atoms with E-state index < -0.39 is 41.8 Å². The monoisotopic (exact) mass is 733 g/mol. The molecule has 0 bridgehead atoms. The summed E-state index contributed by atoms with van der Waals surface area (Å²) in [5.41, 5.74) is 1.45. The fourth-order valence-corrected chi connectivity index (χ4v) is 6.34. The van der Waals surface area contributed by atoms with Crippen LogP contribution in [0.4, 0.5) is 8.78 Å². The predicted molar refractivity (Wildman–Crippen MR) is 175 cm³/mol. The molecule has 48 heavy (non-hydrogen) atoms. The fraction of sp³-hybridized carbons (Fsp3) is 0.100. The van der Waals surface area contributed by atoms with Crippen LogP contribution < -0.4 is 5.32 Å². The molecule has 246 valence electrons. The summed E-state index contributed by atoms with van der Waals surface area (Å²) in [6, 6.07) is 8.32. The van der Waals surface area contributed by atoms with Crippen molar-refractivity contribution in [2.45, 2.75) is 6.92 Å². The molecule has 4 heterocycles. The molecule has 0 aliphatic heterocycles. The van der Waals surface area contributed by atoms with E-state index in [1.807, 2.05) is 0 Å². The van der Waals surface area contributed by atoms with Crippen LogP contribution in [0, 0.1) is 11.6 Å². The van der Waals surface area contributed by atoms with Crippen LogP contribution in [0.1, 0.15) is 27.9 Å². The van der Waals surface area contributed by atoms with Gasteiger partial charge in [0.05, 0.1) is 29.0 Å². The lowest BCUT2D eigenvalue weighted by Gasteiger charge is -2.03. The van der Waals surface area contributed by atoms with Gasteiger partial charge in [0.25, 0.3) is 5.91 Å². The van der Waals surface area contributed by atoms with Gasteiger partial charge < -0.3 is 25.4 Å². The van der Waals surface area contributed by atoms with Crippen molar-refractivity contribution in [3.8, 4) is 32.6 Å². The molecule has 0 aliphatic carbocycles. The van der Waals surface area contributed by atoms with Crippen LogP contribution in [0.2, 0.25) is 10.0 Å². The molecule has 0 saturated heterocycles. The third-order valence-corrected chi connectivity index (χ3v) is 9.07. The summed E-state index contributed by atoms with van der Waals surface area (Å²) in [5, 5.41) is 32.1. The van der Waals surface area contributed by atoms with E-state index in [0.29, 0.717) is 41.6 Å². The number of nitrogens with zero attached hydrogens (tertiary/aromatic N) is 4. The summed E-state index contributed by atoms with van der Waals surface area (Å²) < 4.78 is 32.1. The largest absolute Gasteiger partial charge is 0.504 e. The highest BCUT2D eigenvalue weighted by atomic mass is 35.5. The highest BCUT2D eigenvalue weighted by molar-refractivity contribution is 7.22. The summed E-state index contributed by atoms with van der Waals surface area (Å²) in [6.45, 7) is 1.25. The van der Waals surface area contributed by atoms with Gasteiger partial charge in [0.2, 0.25) is 0 Å². The van der Waals surface area contributed by atoms with Crippen molar-refractivity contribution in [3.63, 3.8) is 0 Å². The standard InChI is InChI=1S/C15H9ClFN3O4S.C15H10ClFN2O3S/c16-7-3-6(1-2-8(7)17)15-20-9-4-18-11(12(23)13(9)25-15)14(24)19-5-10(21)22;1-2-22-15(21)11-12(20)13-10(6-18-11)19-14(23-13)7-3-4-9(17)8(16)5-7/h1-4,23H,5H2,(H,19,24)(H,21,22);3-6,20H,2H2,1H3. The number of hydrogen-bond acceptors (Lipinski definition) is 12.